The molecule has 0 saturated heterocycles. The van der Waals surface area contributed by atoms with Gasteiger partial charge in [0.15, 0.2) is 15.3 Å². The van der Waals surface area contributed by atoms with Crippen LogP contribution in [0.4, 0.5) is 0 Å². The first kappa shape index (κ1) is 13.1. The fourth-order valence-corrected chi connectivity index (χ4v) is 1.91. The van der Waals surface area contributed by atoms with Crippen molar-refractivity contribution in [2.24, 2.45) is 0 Å². The molecule has 1 rings (SSSR count). The fourth-order valence-electron chi connectivity index (χ4n) is 0.996. The molecule has 0 fully saturated rings. The zero-order valence-electron chi connectivity index (χ0n) is 8.78. The molecule has 0 aliphatic carbocycles. The average molecular weight is 266 g/mol. The highest BCUT2D eigenvalue weighted by molar-refractivity contribution is 7.15. The van der Waals surface area contributed by atoms with E-state index in [9.17, 15) is 10.1 Å². The number of nitrogens with zero attached hydrogens (tertiary/aromatic N) is 2. The Labute approximate surface area is 101 Å². The van der Waals surface area contributed by atoms with Crippen LogP contribution in [0.3, 0.4) is 0 Å². The number of rotatable bonds is 6. The molecule has 7 nitrogen and oxygen atoms in total. The average Bonchev–Trinajstić information content (AvgIpc) is 2.60. The largest absolute Gasteiger partial charge is 0.281 e. The molecule has 1 aromatic rings. The van der Waals surface area contributed by atoms with E-state index in [-0.39, 0.29) is 0 Å². The van der Waals surface area contributed by atoms with Crippen LogP contribution in [0, 0.1) is 10.1 Å². The molecule has 0 aliphatic heterocycles. The maximum absolute atomic E-state index is 10.4. The lowest BCUT2D eigenvalue weighted by atomic mass is 10.4. The van der Waals surface area contributed by atoms with Gasteiger partial charge in [-0.15, -0.1) is 16.8 Å². The summed E-state index contributed by atoms with van der Waals surface area (Å²) in [5.74, 6) is -0.986. The first-order valence-electron chi connectivity index (χ1n) is 4.41. The van der Waals surface area contributed by atoms with Gasteiger partial charge in [0.2, 0.25) is 0 Å². The van der Waals surface area contributed by atoms with Gasteiger partial charge in [-0.1, -0.05) is 11.6 Å². The van der Waals surface area contributed by atoms with E-state index in [4.69, 9.17) is 11.6 Å². The maximum atomic E-state index is 10.4. The standard InChI is InChI=1S/C7H12ClN5O2S/c1-7(9-2,12-13(14)15)11-4-5-3-10-6(8)16-5/h3,9,11-12H,4H2,1-2H3/t7-/m0/s1. The Balaban J connectivity index is 2.53. The number of nitro groups is 1. The summed E-state index contributed by atoms with van der Waals surface area (Å²) in [4.78, 5) is 15.1. The minimum atomic E-state index is -0.986. The van der Waals surface area contributed by atoms with Crippen molar-refractivity contribution in [1.29, 1.82) is 0 Å². The van der Waals surface area contributed by atoms with E-state index in [1.807, 2.05) is 0 Å². The first-order chi connectivity index (χ1) is 7.45. The number of hydrogen-bond acceptors (Lipinski definition) is 6. The molecular formula is C7H12ClN5O2S. The van der Waals surface area contributed by atoms with Crippen LogP contribution in [-0.2, 0) is 6.54 Å². The van der Waals surface area contributed by atoms with Crippen LogP contribution >= 0.6 is 22.9 Å². The smallest absolute Gasteiger partial charge is 0.197 e. The molecule has 9 heteroatoms. The SMILES string of the molecule is CN[C@@](C)(NCc1cnc(Cl)s1)N[N+](=O)[O-]. The van der Waals surface area contributed by atoms with Crippen molar-refractivity contribution in [3.05, 3.63) is 25.7 Å². The summed E-state index contributed by atoms with van der Waals surface area (Å²) in [6.45, 7) is 2.06. The third-order valence-electron chi connectivity index (χ3n) is 1.96. The summed E-state index contributed by atoms with van der Waals surface area (Å²) in [5, 5.41) is 15.5. The van der Waals surface area contributed by atoms with E-state index in [1.54, 1.807) is 20.2 Å². The van der Waals surface area contributed by atoms with E-state index in [0.717, 1.165) is 4.88 Å². The maximum Gasteiger partial charge on any atom is 0.197 e. The van der Waals surface area contributed by atoms with Crippen LogP contribution in [0.1, 0.15) is 11.8 Å². The van der Waals surface area contributed by atoms with Crippen molar-refractivity contribution >= 4 is 22.9 Å². The van der Waals surface area contributed by atoms with Gasteiger partial charge in [-0.05, 0) is 14.0 Å². The van der Waals surface area contributed by atoms with Crippen molar-refractivity contribution in [1.82, 2.24) is 21.0 Å². The summed E-state index contributed by atoms with van der Waals surface area (Å²) >= 11 is 6.99. The highest BCUT2D eigenvalue weighted by Crippen LogP contribution is 2.17. The van der Waals surface area contributed by atoms with Gasteiger partial charge in [0.1, 0.15) is 0 Å². The Morgan fingerprint density at radius 3 is 2.88 bits per heavy atom. The Hall–Kier alpha value is -0.960. The van der Waals surface area contributed by atoms with Gasteiger partial charge < -0.3 is 0 Å². The number of hydrazine groups is 1. The third-order valence-corrected chi connectivity index (χ3v) is 3.07. The molecule has 0 spiro atoms. The van der Waals surface area contributed by atoms with Crippen LogP contribution < -0.4 is 16.1 Å². The van der Waals surface area contributed by atoms with Crippen molar-refractivity contribution < 1.29 is 5.03 Å². The predicted molar refractivity (Wildman–Crippen MR) is 61.6 cm³/mol. The Kier molecular flexibility index (Phi) is 4.42. The zero-order chi connectivity index (χ0) is 12.2. The minimum absolute atomic E-state index is 0.433. The molecule has 0 amide bonds. The van der Waals surface area contributed by atoms with Gasteiger partial charge in [0.05, 0.1) is 0 Å². The lowest BCUT2D eigenvalue weighted by molar-refractivity contribution is -0.562. The Morgan fingerprint density at radius 2 is 2.44 bits per heavy atom. The molecule has 0 aliphatic rings. The van der Waals surface area contributed by atoms with Crippen molar-refractivity contribution in [3.63, 3.8) is 0 Å². The summed E-state index contributed by atoms with van der Waals surface area (Å²) in [5.41, 5.74) is 2.13. The van der Waals surface area contributed by atoms with Gasteiger partial charge in [-0.2, -0.15) is 0 Å². The molecule has 90 valence electrons. The number of thiazole rings is 1. The number of nitrogens with one attached hydrogen (secondary N) is 3. The topological polar surface area (TPSA) is 92.1 Å². The number of halogens is 1. The second kappa shape index (κ2) is 5.39. The summed E-state index contributed by atoms with van der Waals surface area (Å²) in [7, 11) is 1.61. The van der Waals surface area contributed by atoms with Gasteiger partial charge in [0, 0.05) is 17.6 Å². The van der Waals surface area contributed by atoms with Crippen LogP contribution in [0.15, 0.2) is 6.20 Å². The van der Waals surface area contributed by atoms with Crippen LogP contribution in [0.25, 0.3) is 0 Å². The summed E-state index contributed by atoms with van der Waals surface area (Å²) in [6, 6.07) is 0. The van der Waals surface area contributed by atoms with Crippen molar-refractivity contribution in [2.75, 3.05) is 7.05 Å². The number of aromatic nitrogens is 1. The first-order valence-corrected chi connectivity index (χ1v) is 5.61. The monoisotopic (exact) mass is 265 g/mol. The normalized spacial score (nSPS) is 14.4. The van der Waals surface area contributed by atoms with Gasteiger partial charge in [-0.25, -0.2) is 15.1 Å². The van der Waals surface area contributed by atoms with E-state index >= 15 is 0 Å². The van der Waals surface area contributed by atoms with Crippen LogP contribution in [-0.4, -0.2) is 22.9 Å². The molecule has 0 radical (unpaired) electrons. The molecular weight excluding hydrogens is 254 g/mol. The fraction of sp³-hybridized carbons (Fsp3) is 0.571. The molecule has 1 aromatic heterocycles. The van der Waals surface area contributed by atoms with E-state index < -0.39 is 10.8 Å². The second-order valence-corrected chi connectivity index (χ2v) is 4.87. The predicted octanol–water partition coefficient (Wildman–Crippen LogP) is 0.560. The summed E-state index contributed by atoms with van der Waals surface area (Å²) in [6.07, 6.45) is 1.63. The minimum Gasteiger partial charge on any atom is -0.281 e. The zero-order valence-corrected chi connectivity index (χ0v) is 10.4. The highest BCUT2D eigenvalue weighted by Gasteiger charge is 2.26. The Morgan fingerprint density at radius 1 is 1.75 bits per heavy atom. The van der Waals surface area contributed by atoms with E-state index in [2.05, 4.69) is 21.0 Å². The van der Waals surface area contributed by atoms with Crippen molar-refractivity contribution in [2.45, 2.75) is 19.3 Å². The molecule has 1 heterocycles. The Bertz CT molecular complexity index is 373. The second-order valence-electron chi connectivity index (χ2n) is 3.18. The molecule has 0 unspecified atom stereocenters. The molecule has 0 aromatic carbocycles. The third kappa shape index (κ3) is 3.89. The van der Waals surface area contributed by atoms with E-state index in [1.165, 1.54) is 11.3 Å². The molecule has 0 saturated carbocycles. The van der Waals surface area contributed by atoms with Gasteiger partial charge in [0.25, 0.3) is 0 Å². The molecule has 3 N–H and O–H groups in total. The summed E-state index contributed by atoms with van der Waals surface area (Å²) < 4.78 is 0.449. The number of hydrogen-bond donors (Lipinski definition) is 3. The van der Waals surface area contributed by atoms with E-state index in [0.29, 0.717) is 11.0 Å². The molecule has 0 bridgehead atoms. The van der Waals surface area contributed by atoms with Gasteiger partial charge >= 0.3 is 0 Å². The lowest BCUT2D eigenvalue weighted by Crippen LogP contribution is -2.64. The van der Waals surface area contributed by atoms with Crippen molar-refractivity contribution in [3.8, 4) is 0 Å². The molecule has 16 heavy (non-hydrogen) atoms. The van der Waals surface area contributed by atoms with Crippen LogP contribution in [0.5, 0.6) is 0 Å². The molecule has 1 atom stereocenters. The lowest BCUT2D eigenvalue weighted by Gasteiger charge is -2.26. The quantitative estimate of drug-likeness (QED) is 0.395. The highest BCUT2D eigenvalue weighted by atomic mass is 35.5. The van der Waals surface area contributed by atoms with Gasteiger partial charge in [-0.3, -0.25) is 10.6 Å². The van der Waals surface area contributed by atoms with Crippen LogP contribution in [0.2, 0.25) is 4.47 Å².